The molecular formula is C10H15N3O4. The molecule has 1 aromatic rings. The smallest absolute Gasteiger partial charge is 0.317 e. The molecule has 2 N–H and O–H groups in total. The van der Waals surface area contributed by atoms with Crippen molar-refractivity contribution in [2.45, 2.75) is 13.8 Å². The Kier molecular flexibility index (Phi) is 4.65. The van der Waals surface area contributed by atoms with Crippen LogP contribution in [0, 0.1) is 6.92 Å². The van der Waals surface area contributed by atoms with E-state index < -0.39 is 5.97 Å². The minimum atomic E-state index is -0.963. The van der Waals surface area contributed by atoms with Gasteiger partial charge in [0.15, 0.2) is 0 Å². The minimum Gasteiger partial charge on any atom is -0.480 e. The first kappa shape index (κ1) is 13.2. The molecule has 1 heterocycles. The number of hydrogen-bond donors (Lipinski definition) is 2. The lowest BCUT2D eigenvalue weighted by Gasteiger charge is -2.16. The van der Waals surface area contributed by atoms with E-state index in [9.17, 15) is 9.59 Å². The Hall–Kier alpha value is -1.89. The molecular weight excluding hydrogens is 226 g/mol. The monoisotopic (exact) mass is 241 g/mol. The zero-order valence-electron chi connectivity index (χ0n) is 9.77. The summed E-state index contributed by atoms with van der Waals surface area (Å²) in [6.45, 7) is 3.84. The number of carboxylic acids is 1. The van der Waals surface area contributed by atoms with Gasteiger partial charge in [-0.05, 0) is 13.5 Å². The summed E-state index contributed by atoms with van der Waals surface area (Å²) in [6, 6.07) is 1.59. The van der Waals surface area contributed by atoms with Crippen LogP contribution < -0.4 is 5.32 Å². The summed E-state index contributed by atoms with van der Waals surface area (Å²) >= 11 is 0. The van der Waals surface area contributed by atoms with Gasteiger partial charge < -0.3 is 9.63 Å². The zero-order valence-corrected chi connectivity index (χ0v) is 9.77. The van der Waals surface area contributed by atoms with Crippen LogP contribution in [0.25, 0.3) is 0 Å². The summed E-state index contributed by atoms with van der Waals surface area (Å²) < 4.78 is 4.81. The molecule has 0 saturated carbocycles. The first-order valence-electron chi connectivity index (χ1n) is 5.18. The van der Waals surface area contributed by atoms with Gasteiger partial charge in [0.1, 0.15) is 0 Å². The van der Waals surface area contributed by atoms with Gasteiger partial charge in [0, 0.05) is 6.07 Å². The van der Waals surface area contributed by atoms with Crippen molar-refractivity contribution in [2.75, 3.05) is 25.0 Å². The maximum atomic E-state index is 11.5. The first-order valence-corrected chi connectivity index (χ1v) is 5.18. The Bertz CT molecular complexity index is 402. The highest BCUT2D eigenvalue weighted by Crippen LogP contribution is 2.07. The second kappa shape index (κ2) is 6.00. The van der Waals surface area contributed by atoms with Gasteiger partial charge in [-0.25, -0.2) is 0 Å². The minimum absolute atomic E-state index is 0.00253. The number of nitrogens with one attached hydrogen (secondary N) is 1. The van der Waals surface area contributed by atoms with Crippen molar-refractivity contribution in [1.29, 1.82) is 0 Å². The summed E-state index contributed by atoms with van der Waals surface area (Å²) in [5.74, 6) is -1.03. The van der Waals surface area contributed by atoms with E-state index in [0.717, 1.165) is 0 Å². The SMILES string of the molecule is CCN(CC(=O)O)CC(=O)Nc1cc(C)no1. The summed E-state index contributed by atoms with van der Waals surface area (Å²) in [6.07, 6.45) is 0. The highest BCUT2D eigenvalue weighted by molar-refractivity contribution is 5.91. The third kappa shape index (κ3) is 4.64. The van der Waals surface area contributed by atoms with Gasteiger partial charge in [0.05, 0.1) is 18.8 Å². The van der Waals surface area contributed by atoms with E-state index in [1.807, 2.05) is 0 Å². The third-order valence-electron chi connectivity index (χ3n) is 2.06. The fourth-order valence-electron chi connectivity index (χ4n) is 1.27. The summed E-state index contributed by atoms with van der Waals surface area (Å²) in [4.78, 5) is 23.5. The van der Waals surface area contributed by atoms with Gasteiger partial charge in [-0.2, -0.15) is 0 Å². The largest absolute Gasteiger partial charge is 0.480 e. The van der Waals surface area contributed by atoms with Crippen molar-refractivity contribution in [1.82, 2.24) is 10.1 Å². The van der Waals surface area contributed by atoms with Gasteiger partial charge in [-0.15, -0.1) is 0 Å². The summed E-state index contributed by atoms with van der Waals surface area (Å²) in [7, 11) is 0. The molecule has 1 rings (SSSR count). The molecule has 1 aromatic heterocycles. The van der Waals surface area contributed by atoms with Crippen LogP contribution in [0.2, 0.25) is 0 Å². The van der Waals surface area contributed by atoms with Gasteiger partial charge in [-0.3, -0.25) is 19.8 Å². The molecule has 0 saturated heterocycles. The molecule has 7 heteroatoms. The van der Waals surface area contributed by atoms with E-state index in [-0.39, 0.29) is 24.9 Å². The summed E-state index contributed by atoms with van der Waals surface area (Å²) in [5.41, 5.74) is 0.665. The molecule has 0 aliphatic carbocycles. The molecule has 0 aliphatic rings. The van der Waals surface area contributed by atoms with E-state index in [1.165, 1.54) is 4.90 Å². The highest BCUT2D eigenvalue weighted by Gasteiger charge is 2.13. The van der Waals surface area contributed by atoms with Crippen LogP contribution in [-0.4, -0.2) is 46.7 Å². The number of carbonyl (C=O) groups is 2. The van der Waals surface area contributed by atoms with E-state index >= 15 is 0 Å². The predicted molar refractivity (Wildman–Crippen MR) is 59.6 cm³/mol. The number of carboxylic acid groups (broad SMARTS) is 1. The van der Waals surface area contributed by atoms with Crippen molar-refractivity contribution in [3.05, 3.63) is 11.8 Å². The maximum Gasteiger partial charge on any atom is 0.317 e. The van der Waals surface area contributed by atoms with Gasteiger partial charge in [0.25, 0.3) is 0 Å². The molecule has 0 aromatic carbocycles. The number of amides is 1. The zero-order chi connectivity index (χ0) is 12.8. The quantitative estimate of drug-likeness (QED) is 0.745. The molecule has 0 radical (unpaired) electrons. The standard InChI is InChI=1S/C10H15N3O4/c1-3-13(6-10(15)16)5-8(14)11-9-4-7(2)12-17-9/h4H,3,5-6H2,1-2H3,(H,11,14)(H,15,16). The average molecular weight is 241 g/mol. The van der Waals surface area contributed by atoms with Crippen LogP contribution in [0.1, 0.15) is 12.6 Å². The van der Waals surface area contributed by atoms with Crippen LogP contribution in [0.4, 0.5) is 5.88 Å². The molecule has 0 bridgehead atoms. The summed E-state index contributed by atoms with van der Waals surface area (Å²) in [5, 5.41) is 14.7. The maximum absolute atomic E-state index is 11.5. The lowest BCUT2D eigenvalue weighted by molar-refractivity contribution is -0.138. The van der Waals surface area contributed by atoms with Crippen LogP contribution in [0.5, 0.6) is 0 Å². The molecule has 1 amide bonds. The Morgan fingerprint density at radius 3 is 2.71 bits per heavy atom. The number of aromatic nitrogens is 1. The topological polar surface area (TPSA) is 95.7 Å². The Balaban J connectivity index is 2.45. The molecule has 0 spiro atoms. The van der Waals surface area contributed by atoms with Gasteiger partial charge in [-0.1, -0.05) is 12.1 Å². The first-order chi connectivity index (χ1) is 8.01. The van der Waals surface area contributed by atoms with Crippen molar-refractivity contribution >= 4 is 17.8 Å². The molecule has 0 aliphatic heterocycles. The van der Waals surface area contributed by atoms with Crippen molar-refractivity contribution in [3.63, 3.8) is 0 Å². The lowest BCUT2D eigenvalue weighted by Crippen LogP contribution is -2.36. The second-order valence-corrected chi connectivity index (χ2v) is 3.58. The van der Waals surface area contributed by atoms with Crippen LogP contribution in [0.3, 0.4) is 0 Å². The molecule has 7 nitrogen and oxygen atoms in total. The van der Waals surface area contributed by atoms with Gasteiger partial charge in [0.2, 0.25) is 11.8 Å². The van der Waals surface area contributed by atoms with E-state index in [0.29, 0.717) is 12.2 Å². The number of likely N-dealkylation sites (N-methyl/N-ethyl adjacent to an activating group) is 1. The van der Waals surface area contributed by atoms with Crippen LogP contribution in [0.15, 0.2) is 10.6 Å². The molecule has 94 valence electrons. The average Bonchev–Trinajstić information content (AvgIpc) is 2.62. The normalized spacial score (nSPS) is 10.5. The van der Waals surface area contributed by atoms with Crippen molar-refractivity contribution < 1.29 is 19.2 Å². The number of nitrogens with zero attached hydrogens (tertiary/aromatic N) is 2. The fourth-order valence-corrected chi connectivity index (χ4v) is 1.27. The van der Waals surface area contributed by atoms with E-state index in [2.05, 4.69) is 10.5 Å². The number of rotatable bonds is 6. The number of hydrogen-bond acceptors (Lipinski definition) is 5. The molecule has 0 atom stereocenters. The Labute approximate surface area is 98.4 Å². The van der Waals surface area contributed by atoms with Crippen molar-refractivity contribution in [3.8, 4) is 0 Å². The molecule has 0 unspecified atom stereocenters. The third-order valence-corrected chi connectivity index (χ3v) is 2.06. The van der Waals surface area contributed by atoms with Crippen LogP contribution >= 0.6 is 0 Å². The van der Waals surface area contributed by atoms with E-state index in [1.54, 1.807) is 19.9 Å². The van der Waals surface area contributed by atoms with Gasteiger partial charge >= 0.3 is 5.97 Å². The second-order valence-electron chi connectivity index (χ2n) is 3.58. The molecule has 17 heavy (non-hydrogen) atoms. The number of anilines is 1. The van der Waals surface area contributed by atoms with Crippen molar-refractivity contribution in [2.24, 2.45) is 0 Å². The number of aliphatic carboxylic acids is 1. The fraction of sp³-hybridized carbons (Fsp3) is 0.500. The number of carbonyl (C=O) groups excluding carboxylic acids is 1. The molecule has 0 fully saturated rings. The Morgan fingerprint density at radius 2 is 2.24 bits per heavy atom. The number of aryl methyl sites for hydroxylation is 1. The highest BCUT2D eigenvalue weighted by atomic mass is 16.5. The lowest BCUT2D eigenvalue weighted by atomic mass is 10.4. The van der Waals surface area contributed by atoms with Crippen LogP contribution in [-0.2, 0) is 9.59 Å². The predicted octanol–water partition coefficient (Wildman–Crippen LogP) is 0.328. The Morgan fingerprint density at radius 1 is 1.53 bits per heavy atom. The van der Waals surface area contributed by atoms with E-state index in [4.69, 9.17) is 9.63 Å².